The Bertz CT molecular complexity index is 1280. The van der Waals surface area contributed by atoms with Gasteiger partial charge in [0.25, 0.3) is 5.56 Å². The molecule has 7 nitrogen and oxygen atoms in total. The Kier molecular flexibility index (Phi) is 5.12. The highest BCUT2D eigenvalue weighted by atomic mass is 35.5. The van der Waals surface area contributed by atoms with Crippen molar-refractivity contribution < 1.29 is 4.79 Å². The highest BCUT2D eigenvalue weighted by Gasteiger charge is 2.18. The minimum atomic E-state index is -0.338. The van der Waals surface area contributed by atoms with E-state index < -0.39 is 0 Å². The molecule has 1 N–H and O–H groups in total. The second-order valence-corrected chi connectivity index (χ2v) is 7.69. The summed E-state index contributed by atoms with van der Waals surface area (Å²) in [6.07, 6.45) is 3.33. The van der Waals surface area contributed by atoms with Gasteiger partial charge in [-0.2, -0.15) is 4.37 Å². The summed E-state index contributed by atoms with van der Waals surface area (Å²) in [5.74, 6) is 0.102. The number of anilines is 1. The summed E-state index contributed by atoms with van der Waals surface area (Å²) >= 11 is 7.18. The van der Waals surface area contributed by atoms with E-state index in [4.69, 9.17) is 11.6 Å². The van der Waals surface area contributed by atoms with Gasteiger partial charge in [-0.1, -0.05) is 17.7 Å². The number of aromatic nitrogens is 4. The molecule has 29 heavy (non-hydrogen) atoms. The molecule has 0 aliphatic heterocycles. The third-order valence-corrected chi connectivity index (χ3v) is 5.71. The number of amides is 1. The Balaban J connectivity index is 1.65. The van der Waals surface area contributed by atoms with Crippen molar-refractivity contribution in [1.29, 1.82) is 0 Å². The van der Waals surface area contributed by atoms with E-state index in [1.165, 1.54) is 4.57 Å². The van der Waals surface area contributed by atoms with Gasteiger partial charge in [0.2, 0.25) is 5.91 Å². The molecule has 0 saturated carbocycles. The molecule has 1 aromatic carbocycles. The Hall–Kier alpha value is -3.10. The van der Waals surface area contributed by atoms with Crippen LogP contribution in [0.25, 0.3) is 21.5 Å². The number of carbonyl (C=O) groups excluding carboxylic acids is 1. The van der Waals surface area contributed by atoms with Crippen LogP contribution in [0.5, 0.6) is 0 Å². The molecule has 0 atom stereocenters. The van der Waals surface area contributed by atoms with Gasteiger partial charge in [0.05, 0.1) is 0 Å². The molecule has 0 aliphatic rings. The van der Waals surface area contributed by atoms with Crippen molar-refractivity contribution in [3.8, 4) is 11.3 Å². The Morgan fingerprint density at radius 1 is 1.21 bits per heavy atom. The van der Waals surface area contributed by atoms with Gasteiger partial charge in [-0.15, -0.1) is 0 Å². The van der Waals surface area contributed by atoms with E-state index in [0.29, 0.717) is 32.4 Å². The molecular formula is C20H16ClN5O2S. The Morgan fingerprint density at radius 3 is 2.69 bits per heavy atom. The summed E-state index contributed by atoms with van der Waals surface area (Å²) in [6, 6.07) is 8.89. The van der Waals surface area contributed by atoms with Crippen LogP contribution in [-0.4, -0.2) is 24.8 Å². The van der Waals surface area contributed by atoms with Crippen molar-refractivity contribution >= 4 is 44.9 Å². The number of benzene rings is 1. The van der Waals surface area contributed by atoms with Crippen LogP contribution in [0, 0.1) is 13.8 Å². The van der Waals surface area contributed by atoms with Crippen molar-refractivity contribution in [2.75, 3.05) is 5.32 Å². The molecule has 0 fully saturated rings. The minimum Gasteiger partial charge on any atom is -0.324 e. The van der Waals surface area contributed by atoms with Gasteiger partial charge in [0.15, 0.2) is 0 Å². The molecule has 0 saturated heterocycles. The number of fused-ring (bicyclic) bond motifs is 1. The SMILES string of the molecule is Cc1ccc(NC(=O)Cn2c(C)nc3c(-c4ccncc4)nsc3c2=O)cc1Cl. The lowest BCUT2D eigenvalue weighted by atomic mass is 10.2. The van der Waals surface area contributed by atoms with Gasteiger partial charge < -0.3 is 5.32 Å². The molecular weight excluding hydrogens is 410 g/mol. The fraction of sp³-hybridized carbons (Fsp3) is 0.150. The standard InChI is InChI=1S/C20H16ClN5O2S/c1-11-3-4-14(9-15(11)21)24-16(27)10-26-12(2)23-18-17(13-5-7-22-8-6-13)25-29-19(18)20(26)28/h3-9H,10H2,1-2H3,(H,24,27). The minimum absolute atomic E-state index is 0.151. The Morgan fingerprint density at radius 2 is 1.97 bits per heavy atom. The molecule has 0 bridgehead atoms. The molecule has 3 aromatic heterocycles. The quantitative estimate of drug-likeness (QED) is 0.536. The van der Waals surface area contributed by atoms with Crippen molar-refractivity contribution in [2.45, 2.75) is 20.4 Å². The van der Waals surface area contributed by atoms with Crippen LogP contribution in [0.1, 0.15) is 11.4 Å². The third-order valence-electron chi connectivity index (χ3n) is 4.48. The average molecular weight is 426 g/mol. The van der Waals surface area contributed by atoms with Gasteiger partial charge in [0.1, 0.15) is 28.3 Å². The topological polar surface area (TPSA) is 89.8 Å². The van der Waals surface area contributed by atoms with E-state index in [-0.39, 0.29) is 18.0 Å². The highest BCUT2D eigenvalue weighted by molar-refractivity contribution is 7.13. The van der Waals surface area contributed by atoms with Crippen molar-refractivity contribution in [1.82, 2.24) is 18.9 Å². The predicted octanol–water partition coefficient (Wildman–Crippen LogP) is 3.82. The summed E-state index contributed by atoms with van der Waals surface area (Å²) in [7, 11) is 0. The van der Waals surface area contributed by atoms with Crippen LogP contribution in [0.4, 0.5) is 5.69 Å². The largest absolute Gasteiger partial charge is 0.324 e. The van der Waals surface area contributed by atoms with Gasteiger partial charge in [0, 0.05) is 28.7 Å². The van der Waals surface area contributed by atoms with Crippen LogP contribution < -0.4 is 10.9 Å². The van der Waals surface area contributed by atoms with E-state index in [1.807, 2.05) is 25.1 Å². The normalized spacial score (nSPS) is 11.0. The molecule has 9 heteroatoms. The number of nitrogens with zero attached hydrogens (tertiary/aromatic N) is 4. The number of nitrogens with one attached hydrogen (secondary N) is 1. The summed E-state index contributed by atoms with van der Waals surface area (Å²) in [6.45, 7) is 3.43. The number of hydrogen-bond donors (Lipinski definition) is 1. The van der Waals surface area contributed by atoms with Crippen LogP contribution >= 0.6 is 23.1 Å². The lowest BCUT2D eigenvalue weighted by molar-refractivity contribution is -0.116. The average Bonchev–Trinajstić information content (AvgIpc) is 3.12. The van der Waals surface area contributed by atoms with E-state index in [0.717, 1.165) is 22.7 Å². The first kappa shape index (κ1) is 19.2. The van der Waals surface area contributed by atoms with Crippen molar-refractivity contribution in [3.05, 3.63) is 69.5 Å². The number of rotatable bonds is 4. The van der Waals surface area contributed by atoms with E-state index in [2.05, 4.69) is 19.7 Å². The molecule has 4 rings (SSSR count). The second kappa shape index (κ2) is 7.73. The number of carbonyl (C=O) groups is 1. The smallest absolute Gasteiger partial charge is 0.273 e. The van der Waals surface area contributed by atoms with Gasteiger partial charge in [-0.3, -0.25) is 19.1 Å². The zero-order valence-electron chi connectivity index (χ0n) is 15.6. The first-order valence-electron chi connectivity index (χ1n) is 8.77. The van der Waals surface area contributed by atoms with Crippen LogP contribution in [0.3, 0.4) is 0 Å². The maximum absolute atomic E-state index is 13.0. The van der Waals surface area contributed by atoms with Crippen LogP contribution in [0.2, 0.25) is 5.02 Å². The maximum atomic E-state index is 13.0. The predicted molar refractivity (Wildman–Crippen MR) is 114 cm³/mol. The number of aryl methyl sites for hydroxylation is 2. The Labute approximate surface area is 175 Å². The first-order valence-corrected chi connectivity index (χ1v) is 9.92. The molecule has 4 aromatic rings. The lowest BCUT2D eigenvalue weighted by Gasteiger charge is -2.11. The van der Waals surface area contributed by atoms with E-state index >= 15 is 0 Å². The van der Waals surface area contributed by atoms with Crippen molar-refractivity contribution in [2.24, 2.45) is 0 Å². The first-order chi connectivity index (χ1) is 13.9. The zero-order chi connectivity index (χ0) is 20.5. The fourth-order valence-corrected chi connectivity index (χ4v) is 3.89. The fourth-order valence-electron chi connectivity index (χ4n) is 2.92. The highest BCUT2D eigenvalue weighted by Crippen LogP contribution is 2.27. The zero-order valence-corrected chi connectivity index (χ0v) is 17.2. The summed E-state index contributed by atoms with van der Waals surface area (Å²) in [5, 5.41) is 3.32. The van der Waals surface area contributed by atoms with Crippen molar-refractivity contribution in [3.63, 3.8) is 0 Å². The van der Waals surface area contributed by atoms with Gasteiger partial charge in [-0.05, 0) is 55.2 Å². The number of hydrogen-bond acceptors (Lipinski definition) is 6. The molecule has 0 unspecified atom stereocenters. The molecule has 146 valence electrons. The summed E-state index contributed by atoms with van der Waals surface area (Å²) < 4.78 is 6.16. The van der Waals surface area contributed by atoms with Crippen LogP contribution in [-0.2, 0) is 11.3 Å². The molecule has 0 spiro atoms. The summed E-state index contributed by atoms with van der Waals surface area (Å²) in [5.41, 5.74) is 3.21. The summed E-state index contributed by atoms with van der Waals surface area (Å²) in [4.78, 5) is 34.0. The van der Waals surface area contributed by atoms with Gasteiger partial charge >= 0.3 is 0 Å². The molecule has 3 heterocycles. The van der Waals surface area contributed by atoms with Gasteiger partial charge in [-0.25, -0.2) is 4.98 Å². The lowest BCUT2D eigenvalue weighted by Crippen LogP contribution is -2.29. The maximum Gasteiger partial charge on any atom is 0.273 e. The molecule has 1 amide bonds. The number of pyridine rings is 1. The van der Waals surface area contributed by atoms with E-state index in [9.17, 15) is 9.59 Å². The third kappa shape index (κ3) is 3.76. The second-order valence-electron chi connectivity index (χ2n) is 6.51. The monoisotopic (exact) mass is 425 g/mol. The van der Waals surface area contributed by atoms with E-state index in [1.54, 1.807) is 31.5 Å². The van der Waals surface area contributed by atoms with Crippen LogP contribution in [0.15, 0.2) is 47.5 Å². The molecule has 0 aliphatic carbocycles. The number of halogens is 1. The molecule has 0 radical (unpaired) electrons.